The Morgan fingerprint density at radius 3 is 2.18 bits per heavy atom. The average molecular weight is 261 g/mol. The van der Waals surface area contributed by atoms with Crippen LogP contribution in [0.25, 0.3) is 0 Å². The highest BCUT2D eigenvalue weighted by Crippen LogP contribution is 2.26. The number of hydrogen-bond donors (Lipinski definition) is 1. The van der Waals surface area contributed by atoms with E-state index < -0.39 is 9.84 Å². The van der Waals surface area contributed by atoms with Crippen LogP contribution in [0, 0.1) is 5.92 Å². The molecule has 0 amide bonds. The first-order valence-corrected chi connectivity index (χ1v) is 8.49. The van der Waals surface area contributed by atoms with Crippen LogP contribution < -0.4 is 5.32 Å². The van der Waals surface area contributed by atoms with Gasteiger partial charge in [0.05, 0.1) is 10.5 Å². The fourth-order valence-electron chi connectivity index (χ4n) is 2.41. The SMILES string of the molecule is CC(C)CNCC(C)S(=O)(=O)C1CCCCC1. The lowest BCUT2D eigenvalue weighted by Gasteiger charge is -2.25. The molecule has 0 heterocycles. The number of sulfone groups is 1. The van der Waals surface area contributed by atoms with E-state index in [0.29, 0.717) is 12.5 Å². The average Bonchev–Trinajstić information content (AvgIpc) is 2.29. The van der Waals surface area contributed by atoms with Gasteiger partial charge in [0, 0.05) is 6.54 Å². The summed E-state index contributed by atoms with van der Waals surface area (Å²) in [6.45, 7) is 7.60. The normalized spacial score (nSPS) is 20.7. The highest BCUT2D eigenvalue weighted by atomic mass is 32.2. The summed E-state index contributed by atoms with van der Waals surface area (Å²) in [6.07, 6.45) is 5.10. The van der Waals surface area contributed by atoms with E-state index in [2.05, 4.69) is 19.2 Å². The van der Waals surface area contributed by atoms with Gasteiger partial charge in [0.15, 0.2) is 9.84 Å². The molecular formula is C13H27NO2S. The Labute approximate surface area is 106 Å². The van der Waals surface area contributed by atoms with Gasteiger partial charge >= 0.3 is 0 Å². The fourth-order valence-corrected chi connectivity index (χ4v) is 4.41. The van der Waals surface area contributed by atoms with E-state index in [0.717, 1.165) is 32.2 Å². The number of hydrogen-bond acceptors (Lipinski definition) is 3. The maximum Gasteiger partial charge on any atom is 0.156 e. The van der Waals surface area contributed by atoms with Crippen molar-refractivity contribution in [2.24, 2.45) is 5.92 Å². The predicted molar refractivity (Wildman–Crippen MR) is 73.0 cm³/mol. The van der Waals surface area contributed by atoms with E-state index in [9.17, 15) is 8.42 Å². The van der Waals surface area contributed by atoms with Crippen LogP contribution >= 0.6 is 0 Å². The van der Waals surface area contributed by atoms with Crippen LogP contribution in [-0.4, -0.2) is 32.0 Å². The molecule has 1 N–H and O–H groups in total. The Bertz CT molecular complexity index is 305. The molecule has 1 fully saturated rings. The molecule has 1 aliphatic carbocycles. The van der Waals surface area contributed by atoms with Crippen LogP contribution in [0.15, 0.2) is 0 Å². The van der Waals surface area contributed by atoms with Crippen LogP contribution in [0.1, 0.15) is 52.9 Å². The first-order valence-electron chi connectivity index (χ1n) is 6.88. The Balaban J connectivity index is 2.45. The van der Waals surface area contributed by atoms with E-state index in [4.69, 9.17) is 0 Å². The molecule has 4 heteroatoms. The third-order valence-corrected chi connectivity index (χ3v) is 6.25. The van der Waals surface area contributed by atoms with Crippen molar-refractivity contribution < 1.29 is 8.42 Å². The van der Waals surface area contributed by atoms with Gasteiger partial charge in [0.2, 0.25) is 0 Å². The van der Waals surface area contributed by atoms with E-state index in [1.54, 1.807) is 0 Å². The van der Waals surface area contributed by atoms with E-state index >= 15 is 0 Å². The van der Waals surface area contributed by atoms with Gasteiger partial charge in [0.25, 0.3) is 0 Å². The lowest BCUT2D eigenvalue weighted by Crippen LogP contribution is -2.39. The molecule has 0 spiro atoms. The van der Waals surface area contributed by atoms with Crippen molar-refractivity contribution in [1.29, 1.82) is 0 Å². The van der Waals surface area contributed by atoms with Gasteiger partial charge in [-0.15, -0.1) is 0 Å². The Morgan fingerprint density at radius 1 is 1.06 bits per heavy atom. The third kappa shape index (κ3) is 4.59. The summed E-state index contributed by atoms with van der Waals surface area (Å²) >= 11 is 0. The van der Waals surface area contributed by atoms with Crippen LogP contribution in [0.3, 0.4) is 0 Å². The predicted octanol–water partition coefficient (Wildman–Crippen LogP) is 2.37. The molecule has 1 saturated carbocycles. The molecule has 1 atom stereocenters. The maximum atomic E-state index is 12.3. The molecular weight excluding hydrogens is 234 g/mol. The van der Waals surface area contributed by atoms with Crippen LogP contribution in [0.2, 0.25) is 0 Å². The first-order chi connectivity index (χ1) is 7.94. The fraction of sp³-hybridized carbons (Fsp3) is 1.00. The monoisotopic (exact) mass is 261 g/mol. The summed E-state index contributed by atoms with van der Waals surface area (Å²) in [5.74, 6) is 0.569. The largest absolute Gasteiger partial charge is 0.315 e. The minimum atomic E-state index is -2.92. The van der Waals surface area contributed by atoms with Crippen LogP contribution in [0.5, 0.6) is 0 Å². The quantitative estimate of drug-likeness (QED) is 0.798. The molecule has 0 aromatic carbocycles. The Hall–Kier alpha value is -0.0900. The smallest absolute Gasteiger partial charge is 0.156 e. The Morgan fingerprint density at radius 2 is 1.65 bits per heavy atom. The summed E-state index contributed by atoms with van der Waals surface area (Å²) in [7, 11) is -2.92. The van der Waals surface area contributed by atoms with Crippen molar-refractivity contribution >= 4 is 9.84 Å². The minimum Gasteiger partial charge on any atom is -0.315 e. The van der Waals surface area contributed by atoms with Crippen LogP contribution in [0.4, 0.5) is 0 Å². The zero-order valence-corrected chi connectivity index (χ0v) is 12.2. The van der Waals surface area contributed by atoms with Crippen molar-refractivity contribution in [2.45, 2.75) is 63.4 Å². The molecule has 0 bridgehead atoms. The highest BCUT2D eigenvalue weighted by molar-refractivity contribution is 7.92. The molecule has 1 rings (SSSR count). The zero-order valence-electron chi connectivity index (χ0n) is 11.4. The van der Waals surface area contributed by atoms with E-state index in [-0.39, 0.29) is 10.5 Å². The molecule has 102 valence electrons. The van der Waals surface area contributed by atoms with E-state index in [1.807, 2.05) is 6.92 Å². The van der Waals surface area contributed by atoms with Crippen LogP contribution in [-0.2, 0) is 9.84 Å². The molecule has 1 unspecified atom stereocenters. The highest BCUT2D eigenvalue weighted by Gasteiger charge is 2.31. The van der Waals surface area contributed by atoms with Gasteiger partial charge in [-0.3, -0.25) is 0 Å². The van der Waals surface area contributed by atoms with Crippen molar-refractivity contribution in [3.8, 4) is 0 Å². The first kappa shape index (κ1) is 15.0. The standard InChI is InChI=1S/C13H27NO2S/c1-11(2)9-14-10-12(3)17(15,16)13-7-5-4-6-8-13/h11-14H,4-10H2,1-3H3. The molecule has 3 nitrogen and oxygen atoms in total. The Kier molecular flexibility index (Phi) is 5.93. The lowest BCUT2D eigenvalue weighted by atomic mass is 10.0. The van der Waals surface area contributed by atoms with Gasteiger partial charge in [-0.1, -0.05) is 33.1 Å². The molecule has 0 aromatic heterocycles. The summed E-state index contributed by atoms with van der Waals surface area (Å²) in [6, 6.07) is 0. The second-order valence-corrected chi connectivity index (χ2v) is 8.36. The number of nitrogens with one attached hydrogen (secondary N) is 1. The zero-order chi connectivity index (χ0) is 12.9. The molecule has 1 aliphatic rings. The third-order valence-electron chi connectivity index (χ3n) is 3.56. The van der Waals surface area contributed by atoms with Gasteiger partial charge in [0.1, 0.15) is 0 Å². The molecule has 0 radical (unpaired) electrons. The molecule has 0 aromatic rings. The van der Waals surface area contributed by atoms with Gasteiger partial charge in [-0.2, -0.15) is 0 Å². The van der Waals surface area contributed by atoms with Gasteiger partial charge in [-0.05, 0) is 32.2 Å². The van der Waals surface area contributed by atoms with Crippen molar-refractivity contribution in [1.82, 2.24) is 5.32 Å². The second-order valence-electron chi connectivity index (χ2n) is 5.71. The molecule has 17 heavy (non-hydrogen) atoms. The molecule has 0 saturated heterocycles. The second kappa shape index (κ2) is 6.74. The molecule has 0 aliphatic heterocycles. The summed E-state index contributed by atoms with van der Waals surface area (Å²) in [5, 5.41) is 2.93. The summed E-state index contributed by atoms with van der Waals surface area (Å²) < 4.78 is 24.6. The number of rotatable bonds is 6. The summed E-state index contributed by atoms with van der Waals surface area (Å²) in [5.41, 5.74) is 0. The van der Waals surface area contributed by atoms with Crippen molar-refractivity contribution in [3.05, 3.63) is 0 Å². The van der Waals surface area contributed by atoms with E-state index in [1.165, 1.54) is 6.42 Å². The van der Waals surface area contributed by atoms with Gasteiger partial charge < -0.3 is 5.32 Å². The lowest BCUT2D eigenvalue weighted by molar-refractivity contribution is 0.474. The summed E-state index contributed by atoms with van der Waals surface area (Å²) in [4.78, 5) is 0. The van der Waals surface area contributed by atoms with Crippen molar-refractivity contribution in [2.75, 3.05) is 13.1 Å². The van der Waals surface area contributed by atoms with Crippen molar-refractivity contribution in [3.63, 3.8) is 0 Å². The van der Waals surface area contributed by atoms with Gasteiger partial charge in [-0.25, -0.2) is 8.42 Å². The topological polar surface area (TPSA) is 46.2 Å². The minimum absolute atomic E-state index is 0.0768. The maximum absolute atomic E-state index is 12.3.